The van der Waals surface area contributed by atoms with Gasteiger partial charge in [0.1, 0.15) is 18.9 Å². The third-order valence-corrected chi connectivity index (χ3v) is 2.80. The Morgan fingerprint density at radius 3 is 2.10 bits per heavy atom. The third-order valence-electron chi connectivity index (χ3n) is 2.80. The Balaban J connectivity index is 0.000000621. The number of hydrogen-bond donors (Lipinski definition) is 0. The van der Waals surface area contributed by atoms with Crippen molar-refractivity contribution in [1.29, 1.82) is 0 Å². The van der Waals surface area contributed by atoms with Crippen molar-refractivity contribution >= 4 is 7.25 Å². The number of rotatable bonds is 7. The van der Waals surface area contributed by atoms with E-state index in [0.29, 0.717) is 0 Å². The highest BCUT2D eigenvalue weighted by molar-refractivity contribution is 6.50. The number of imidazole rings is 1. The summed E-state index contributed by atoms with van der Waals surface area (Å²) in [7, 11) is -6.00. The van der Waals surface area contributed by atoms with E-state index in [1.807, 2.05) is 0 Å². The maximum absolute atomic E-state index is 9.75. The first-order valence-electron chi connectivity index (χ1n) is 6.94. The number of aromatic nitrogens is 2. The summed E-state index contributed by atoms with van der Waals surface area (Å²) in [6.07, 6.45) is 7.72. The van der Waals surface area contributed by atoms with Crippen molar-refractivity contribution in [3.05, 3.63) is 18.7 Å². The van der Waals surface area contributed by atoms with Crippen LogP contribution in [0.3, 0.4) is 0 Å². The molecule has 0 saturated carbocycles. The number of hydrogen-bond acceptors (Lipinski definition) is 1. The van der Waals surface area contributed by atoms with Crippen LogP contribution in [0.25, 0.3) is 0 Å². The van der Waals surface area contributed by atoms with Crippen molar-refractivity contribution in [2.75, 3.05) is 19.6 Å². The largest absolute Gasteiger partial charge is 0.673 e. The van der Waals surface area contributed by atoms with Crippen molar-refractivity contribution in [3.63, 3.8) is 0 Å². The van der Waals surface area contributed by atoms with E-state index < -0.39 is 7.25 Å². The highest BCUT2D eigenvalue weighted by Crippen LogP contribution is 2.06. The second-order valence-corrected chi connectivity index (χ2v) is 4.41. The van der Waals surface area contributed by atoms with Crippen LogP contribution in [0.5, 0.6) is 0 Å². The SMILES string of the molecule is CCC[n+]1ccn(CCN(CC)CC)c1.F[B-](F)(F)F. The summed E-state index contributed by atoms with van der Waals surface area (Å²) in [6, 6.07) is 0. The Bertz CT molecular complexity index is 345. The number of halogens is 4. The first-order chi connectivity index (χ1) is 9.30. The first kappa shape index (κ1) is 19.0. The average molecular weight is 297 g/mol. The van der Waals surface area contributed by atoms with E-state index in [4.69, 9.17) is 0 Å². The molecule has 0 bridgehead atoms. The first-order valence-corrected chi connectivity index (χ1v) is 6.94. The molecule has 0 fully saturated rings. The molecule has 1 aromatic rings. The molecule has 0 amide bonds. The van der Waals surface area contributed by atoms with Crippen molar-refractivity contribution in [2.24, 2.45) is 0 Å². The molecule has 0 radical (unpaired) electrons. The molecule has 1 rings (SSSR count). The lowest BCUT2D eigenvalue weighted by Gasteiger charge is -2.15. The molecule has 0 aromatic carbocycles. The number of nitrogens with zero attached hydrogens (tertiary/aromatic N) is 3. The standard InChI is InChI=1S/C12H24N3.BF4/c1-4-7-14-10-11-15(12-14)9-8-13(5-2)6-3;2-1(3,4)5/h10-12H,4-9H2,1-3H3;/q+1;-1. The summed E-state index contributed by atoms with van der Waals surface area (Å²) in [4.78, 5) is 2.45. The maximum Gasteiger partial charge on any atom is 0.673 e. The van der Waals surface area contributed by atoms with Gasteiger partial charge in [0.2, 0.25) is 6.33 Å². The Kier molecular flexibility index (Phi) is 9.28. The Morgan fingerprint density at radius 2 is 1.65 bits per heavy atom. The van der Waals surface area contributed by atoms with Crippen LogP contribution >= 0.6 is 0 Å². The molecule has 0 aliphatic heterocycles. The van der Waals surface area contributed by atoms with Crippen LogP contribution in [0, 0.1) is 0 Å². The van der Waals surface area contributed by atoms with Crippen molar-refractivity contribution in [1.82, 2.24) is 9.47 Å². The fraction of sp³-hybridized carbons (Fsp3) is 0.750. The minimum atomic E-state index is -6.00. The summed E-state index contributed by atoms with van der Waals surface area (Å²) < 4.78 is 43.5. The molecule has 0 unspecified atom stereocenters. The number of aryl methyl sites for hydroxylation is 1. The van der Waals surface area contributed by atoms with Crippen LogP contribution in [0.4, 0.5) is 17.3 Å². The van der Waals surface area contributed by atoms with Crippen LogP contribution in [0.1, 0.15) is 27.2 Å². The Hall–Kier alpha value is -1.05. The monoisotopic (exact) mass is 297 g/mol. The van der Waals surface area contributed by atoms with Gasteiger partial charge in [0, 0.05) is 6.54 Å². The zero-order valence-corrected chi connectivity index (χ0v) is 12.4. The summed E-state index contributed by atoms with van der Waals surface area (Å²) in [5, 5.41) is 0. The summed E-state index contributed by atoms with van der Waals surface area (Å²) >= 11 is 0. The molecule has 0 aliphatic carbocycles. The normalized spacial score (nSPS) is 11.4. The maximum atomic E-state index is 9.75. The predicted molar refractivity (Wildman–Crippen MR) is 72.9 cm³/mol. The quantitative estimate of drug-likeness (QED) is 0.428. The van der Waals surface area contributed by atoms with Crippen LogP contribution in [-0.2, 0) is 13.1 Å². The second kappa shape index (κ2) is 9.80. The Morgan fingerprint density at radius 1 is 1.10 bits per heavy atom. The molecule has 118 valence electrons. The molecular formula is C12H24BF4N3. The summed E-state index contributed by atoms with van der Waals surface area (Å²) in [5.41, 5.74) is 0. The van der Waals surface area contributed by atoms with Crippen molar-refractivity contribution < 1.29 is 21.8 Å². The van der Waals surface area contributed by atoms with Crippen molar-refractivity contribution in [2.45, 2.75) is 40.3 Å². The van der Waals surface area contributed by atoms with E-state index in [9.17, 15) is 17.3 Å². The highest BCUT2D eigenvalue weighted by Gasteiger charge is 2.20. The molecule has 0 aliphatic rings. The molecule has 0 N–H and O–H groups in total. The van der Waals surface area contributed by atoms with E-state index in [1.54, 1.807) is 0 Å². The van der Waals surface area contributed by atoms with Crippen molar-refractivity contribution in [3.8, 4) is 0 Å². The highest BCUT2D eigenvalue weighted by atomic mass is 19.5. The van der Waals surface area contributed by atoms with Gasteiger partial charge in [-0.2, -0.15) is 0 Å². The smallest absolute Gasteiger partial charge is 0.418 e. The van der Waals surface area contributed by atoms with Gasteiger partial charge in [-0.1, -0.05) is 20.8 Å². The third kappa shape index (κ3) is 10.8. The summed E-state index contributed by atoms with van der Waals surface area (Å²) in [6.45, 7) is 12.3. The van der Waals surface area contributed by atoms with Crippen LogP contribution in [0.15, 0.2) is 18.7 Å². The Labute approximate surface area is 118 Å². The lowest BCUT2D eigenvalue weighted by Crippen LogP contribution is -2.31. The minimum Gasteiger partial charge on any atom is -0.418 e. The van der Waals surface area contributed by atoms with Gasteiger partial charge in [0.05, 0.1) is 6.54 Å². The topological polar surface area (TPSA) is 12.0 Å². The van der Waals surface area contributed by atoms with E-state index in [1.165, 1.54) is 6.42 Å². The zero-order chi connectivity index (χ0) is 15.6. The molecule has 3 nitrogen and oxygen atoms in total. The van der Waals surface area contributed by atoms with Gasteiger partial charge in [-0.3, -0.25) is 4.90 Å². The van der Waals surface area contributed by atoms with Gasteiger partial charge >= 0.3 is 7.25 Å². The van der Waals surface area contributed by atoms with Gasteiger partial charge in [-0.05, 0) is 19.5 Å². The molecule has 8 heteroatoms. The van der Waals surface area contributed by atoms with Gasteiger partial charge < -0.3 is 17.3 Å². The lowest BCUT2D eigenvalue weighted by molar-refractivity contribution is -0.696. The van der Waals surface area contributed by atoms with Gasteiger partial charge in [0.25, 0.3) is 0 Å². The van der Waals surface area contributed by atoms with Gasteiger partial charge in [0.15, 0.2) is 0 Å². The van der Waals surface area contributed by atoms with E-state index in [-0.39, 0.29) is 0 Å². The molecule has 1 aromatic heterocycles. The van der Waals surface area contributed by atoms with Gasteiger partial charge in [-0.15, -0.1) is 0 Å². The molecule has 0 saturated heterocycles. The molecule has 0 atom stereocenters. The lowest BCUT2D eigenvalue weighted by atomic mass is 10.3. The molecular weight excluding hydrogens is 273 g/mol. The average Bonchev–Trinajstić information content (AvgIpc) is 2.77. The molecule has 1 heterocycles. The van der Waals surface area contributed by atoms with E-state index in [2.05, 4.69) is 53.5 Å². The minimum absolute atomic E-state index is 1.10. The molecule has 20 heavy (non-hydrogen) atoms. The fourth-order valence-electron chi connectivity index (χ4n) is 1.76. The zero-order valence-electron chi connectivity index (χ0n) is 12.4. The molecule has 0 spiro atoms. The van der Waals surface area contributed by atoms with Crippen LogP contribution < -0.4 is 4.57 Å². The summed E-state index contributed by atoms with van der Waals surface area (Å²) in [5.74, 6) is 0. The fourth-order valence-corrected chi connectivity index (χ4v) is 1.76. The second-order valence-electron chi connectivity index (χ2n) is 4.41. The van der Waals surface area contributed by atoms with Crippen LogP contribution in [0.2, 0.25) is 0 Å². The number of likely N-dealkylation sites (N-methyl/N-ethyl adjacent to an activating group) is 1. The van der Waals surface area contributed by atoms with Gasteiger partial charge in [-0.25, -0.2) is 9.13 Å². The predicted octanol–water partition coefficient (Wildman–Crippen LogP) is 2.83. The van der Waals surface area contributed by atoms with Crippen LogP contribution in [-0.4, -0.2) is 36.4 Å². The van der Waals surface area contributed by atoms with E-state index in [0.717, 1.165) is 32.7 Å². The van der Waals surface area contributed by atoms with E-state index >= 15 is 0 Å².